The summed E-state index contributed by atoms with van der Waals surface area (Å²) in [7, 11) is 0. The van der Waals surface area contributed by atoms with E-state index < -0.39 is 0 Å². The number of nitrogens with zero attached hydrogens (tertiary/aromatic N) is 2. The minimum Gasteiger partial charge on any atom is -0.484 e. The number of hydrogen-bond acceptors (Lipinski definition) is 5. The number of anilines is 1. The number of aryl methyl sites for hydroxylation is 1. The molecule has 0 unspecified atom stereocenters. The maximum atomic E-state index is 11.9. The number of aromatic nitrogens is 2. The molecule has 0 saturated carbocycles. The molecule has 3 rings (SSSR count). The lowest BCUT2D eigenvalue weighted by atomic mass is 10.2. The summed E-state index contributed by atoms with van der Waals surface area (Å²) in [5.41, 5.74) is 2.63. The summed E-state index contributed by atoms with van der Waals surface area (Å²) in [6, 6.07) is 14.7. The molecule has 1 aromatic heterocycles. The van der Waals surface area contributed by atoms with Gasteiger partial charge < -0.3 is 14.5 Å². The highest BCUT2D eigenvalue weighted by Gasteiger charge is 2.06. The molecule has 116 valence electrons. The zero-order valence-corrected chi connectivity index (χ0v) is 12.5. The summed E-state index contributed by atoms with van der Waals surface area (Å²) in [4.78, 5) is 11.9. The fourth-order valence-electron chi connectivity index (χ4n) is 2.06. The van der Waals surface area contributed by atoms with Gasteiger partial charge in [0, 0.05) is 11.3 Å². The molecule has 0 fully saturated rings. The van der Waals surface area contributed by atoms with Crippen LogP contribution in [0.4, 0.5) is 5.69 Å². The Morgan fingerprint density at radius 2 is 2.04 bits per heavy atom. The topological polar surface area (TPSA) is 77.2 Å². The van der Waals surface area contributed by atoms with Crippen molar-refractivity contribution in [2.75, 3.05) is 11.9 Å². The van der Waals surface area contributed by atoms with Gasteiger partial charge in [-0.1, -0.05) is 12.1 Å². The normalized spacial score (nSPS) is 10.3. The minimum absolute atomic E-state index is 0.0617. The van der Waals surface area contributed by atoms with Gasteiger partial charge in [0.15, 0.2) is 6.61 Å². The van der Waals surface area contributed by atoms with Crippen molar-refractivity contribution >= 4 is 11.6 Å². The van der Waals surface area contributed by atoms with E-state index in [1.54, 1.807) is 24.3 Å². The van der Waals surface area contributed by atoms with Crippen LogP contribution in [0.15, 0.2) is 59.3 Å². The van der Waals surface area contributed by atoms with E-state index in [1.807, 2.05) is 31.2 Å². The summed E-state index contributed by atoms with van der Waals surface area (Å²) < 4.78 is 10.6. The lowest BCUT2D eigenvalue weighted by Gasteiger charge is -2.08. The van der Waals surface area contributed by atoms with Gasteiger partial charge in [-0.05, 0) is 48.9 Å². The molecule has 3 aromatic rings. The first-order valence-corrected chi connectivity index (χ1v) is 7.06. The second-order valence-corrected chi connectivity index (χ2v) is 4.97. The van der Waals surface area contributed by atoms with Crippen molar-refractivity contribution < 1.29 is 13.9 Å². The highest BCUT2D eigenvalue weighted by molar-refractivity contribution is 5.91. The van der Waals surface area contributed by atoms with Gasteiger partial charge >= 0.3 is 0 Å². The zero-order chi connectivity index (χ0) is 16.1. The van der Waals surface area contributed by atoms with E-state index in [9.17, 15) is 4.79 Å². The molecular weight excluding hydrogens is 294 g/mol. The van der Waals surface area contributed by atoms with Gasteiger partial charge in [-0.25, -0.2) is 0 Å². The smallest absolute Gasteiger partial charge is 0.262 e. The van der Waals surface area contributed by atoms with E-state index >= 15 is 0 Å². The van der Waals surface area contributed by atoms with Crippen molar-refractivity contribution in [3.8, 4) is 17.2 Å². The first-order valence-electron chi connectivity index (χ1n) is 7.06. The van der Waals surface area contributed by atoms with Gasteiger partial charge in [0.05, 0.1) is 0 Å². The predicted octanol–water partition coefficient (Wildman–Crippen LogP) is 3.06. The van der Waals surface area contributed by atoms with Crippen LogP contribution in [0.1, 0.15) is 5.56 Å². The molecule has 0 aliphatic carbocycles. The van der Waals surface area contributed by atoms with Gasteiger partial charge in [-0.3, -0.25) is 4.79 Å². The van der Waals surface area contributed by atoms with Crippen LogP contribution in [0.3, 0.4) is 0 Å². The third kappa shape index (κ3) is 3.94. The van der Waals surface area contributed by atoms with Crippen LogP contribution in [0.25, 0.3) is 11.5 Å². The number of hydrogen-bond donors (Lipinski definition) is 1. The lowest BCUT2D eigenvalue weighted by Crippen LogP contribution is -2.20. The first-order chi connectivity index (χ1) is 11.2. The average molecular weight is 309 g/mol. The van der Waals surface area contributed by atoms with Crippen LogP contribution in [0.2, 0.25) is 0 Å². The van der Waals surface area contributed by atoms with Crippen molar-refractivity contribution in [3.63, 3.8) is 0 Å². The Morgan fingerprint density at radius 3 is 2.74 bits per heavy atom. The molecule has 1 amide bonds. The van der Waals surface area contributed by atoms with Crippen molar-refractivity contribution in [2.45, 2.75) is 6.92 Å². The number of carbonyl (C=O) groups is 1. The Morgan fingerprint density at radius 1 is 1.22 bits per heavy atom. The highest BCUT2D eigenvalue weighted by Crippen LogP contribution is 2.20. The van der Waals surface area contributed by atoms with Gasteiger partial charge in [-0.2, -0.15) is 0 Å². The second-order valence-electron chi connectivity index (χ2n) is 4.97. The fraction of sp³-hybridized carbons (Fsp3) is 0.118. The maximum Gasteiger partial charge on any atom is 0.262 e. The van der Waals surface area contributed by atoms with E-state index in [-0.39, 0.29) is 12.5 Å². The fourth-order valence-corrected chi connectivity index (χ4v) is 2.06. The molecule has 1 heterocycles. The number of benzene rings is 2. The van der Waals surface area contributed by atoms with E-state index in [2.05, 4.69) is 15.5 Å². The van der Waals surface area contributed by atoms with Gasteiger partial charge in [0.2, 0.25) is 12.3 Å². The number of ether oxygens (including phenoxy) is 1. The molecule has 1 N–H and O–H groups in total. The first kappa shape index (κ1) is 14.8. The molecule has 0 aliphatic heterocycles. The van der Waals surface area contributed by atoms with Crippen LogP contribution in [-0.2, 0) is 4.79 Å². The molecule has 0 atom stereocenters. The second kappa shape index (κ2) is 6.74. The molecule has 0 saturated heterocycles. The third-order valence-corrected chi connectivity index (χ3v) is 3.13. The number of amides is 1. The molecule has 23 heavy (non-hydrogen) atoms. The van der Waals surface area contributed by atoms with Gasteiger partial charge in [-0.15, -0.1) is 10.2 Å². The average Bonchev–Trinajstić information content (AvgIpc) is 3.08. The molecule has 0 aliphatic rings. The molecular formula is C17H15N3O3. The monoisotopic (exact) mass is 309 g/mol. The van der Waals surface area contributed by atoms with Crippen LogP contribution < -0.4 is 10.1 Å². The summed E-state index contributed by atoms with van der Waals surface area (Å²) >= 11 is 0. The van der Waals surface area contributed by atoms with Crippen LogP contribution in [0.5, 0.6) is 5.75 Å². The largest absolute Gasteiger partial charge is 0.484 e. The Hall–Kier alpha value is -3.15. The summed E-state index contributed by atoms with van der Waals surface area (Å²) in [6.45, 7) is 1.91. The predicted molar refractivity (Wildman–Crippen MR) is 85.0 cm³/mol. The SMILES string of the molecule is Cc1cccc(NC(=O)COc2ccc(-c3nnco3)cc2)c1. The van der Waals surface area contributed by atoms with Crippen LogP contribution >= 0.6 is 0 Å². The third-order valence-electron chi connectivity index (χ3n) is 3.13. The molecule has 2 aromatic carbocycles. The standard InChI is InChI=1S/C17H15N3O3/c1-12-3-2-4-14(9-12)19-16(21)10-22-15-7-5-13(6-8-15)17-20-18-11-23-17/h2-9,11H,10H2,1H3,(H,19,21). The maximum absolute atomic E-state index is 11.9. The zero-order valence-electron chi connectivity index (χ0n) is 12.5. The Kier molecular flexibility index (Phi) is 4.33. The van der Waals surface area contributed by atoms with E-state index in [0.717, 1.165) is 16.8 Å². The minimum atomic E-state index is -0.212. The van der Waals surface area contributed by atoms with Crippen LogP contribution in [-0.4, -0.2) is 22.7 Å². The molecule has 0 bridgehead atoms. The quantitative estimate of drug-likeness (QED) is 0.783. The van der Waals surface area contributed by atoms with Crippen LogP contribution in [0, 0.1) is 6.92 Å². The van der Waals surface area contributed by atoms with Crippen molar-refractivity contribution in [3.05, 3.63) is 60.5 Å². The number of nitrogens with one attached hydrogen (secondary N) is 1. The highest BCUT2D eigenvalue weighted by atomic mass is 16.5. The lowest BCUT2D eigenvalue weighted by molar-refractivity contribution is -0.118. The summed E-state index contributed by atoms with van der Waals surface area (Å²) in [6.07, 6.45) is 1.27. The van der Waals surface area contributed by atoms with Gasteiger partial charge in [0.25, 0.3) is 5.91 Å². The molecule has 6 heteroatoms. The van der Waals surface area contributed by atoms with E-state index in [1.165, 1.54) is 6.39 Å². The van der Waals surface area contributed by atoms with Crippen molar-refractivity contribution in [1.29, 1.82) is 0 Å². The van der Waals surface area contributed by atoms with Crippen molar-refractivity contribution in [2.24, 2.45) is 0 Å². The molecule has 6 nitrogen and oxygen atoms in total. The molecule has 0 spiro atoms. The summed E-state index contributed by atoms with van der Waals surface area (Å²) in [5, 5.41) is 10.2. The Balaban J connectivity index is 1.54. The Bertz CT molecular complexity index is 783. The van der Waals surface area contributed by atoms with E-state index in [0.29, 0.717) is 11.6 Å². The van der Waals surface area contributed by atoms with E-state index in [4.69, 9.17) is 9.15 Å². The number of carbonyl (C=O) groups excluding carboxylic acids is 1. The van der Waals surface area contributed by atoms with Crippen molar-refractivity contribution in [1.82, 2.24) is 10.2 Å². The number of rotatable bonds is 5. The summed E-state index contributed by atoms with van der Waals surface area (Å²) in [5.74, 6) is 0.818. The Labute approximate surface area is 133 Å². The van der Waals surface area contributed by atoms with Gasteiger partial charge in [0.1, 0.15) is 5.75 Å². The molecule has 0 radical (unpaired) electrons.